The van der Waals surface area contributed by atoms with Crippen LogP contribution in [0.3, 0.4) is 0 Å². The smallest absolute Gasteiger partial charge is 0.315 e. The van der Waals surface area contributed by atoms with Crippen LogP contribution in [-0.4, -0.2) is 33.6 Å². The molecule has 0 radical (unpaired) electrons. The van der Waals surface area contributed by atoms with Crippen LogP contribution in [0.1, 0.15) is 133 Å². The van der Waals surface area contributed by atoms with E-state index in [1.165, 1.54) is 5.57 Å². The van der Waals surface area contributed by atoms with Crippen molar-refractivity contribution in [2.24, 2.45) is 61.6 Å². The zero-order chi connectivity index (χ0) is 33.6. The first-order chi connectivity index (χ1) is 21.2. The molecule has 7 heteroatoms. The maximum atomic E-state index is 14.7. The van der Waals surface area contributed by atoms with Gasteiger partial charge in [0.15, 0.2) is 11.6 Å². The van der Waals surface area contributed by atoms with Crippen molar-refractivity contribution >= 4 is 23.4 Å². The van der Waals surface area contributed by atoms with E-state index >= 15 is 0 Å². The number of hydrogen-bond donors (Lipinski definition) is 1. The van der Waals surface area contributed by atoms with Crippen molar-refractivity contribution < 1.29 is 18.8 Å². The standard InChI is InChI=1S/C39H57N3O4/c1-21(2)29-24(43)18-35(8)16-17-37(10)23(30(29)35)12-13-26-36(9)19-27(40-32-42-41-22(3)46-32)39(28(44)20-33(4,5)31(39)45)34(6,7)25(36)14-15-38(26,37)11/h21,23,25-27H,12-20H2,1-11H3,(H,40,42)/t23-,25+,26-,27?,35+,36+,37-,38-,39?/m1/s1. The van der Waals surface area contributed by atoms with Crippen LogP contribution in [0.2, 0.25) is 0 Å². The predicted octanol–water partition coefficient (Wildman–Crippen LogP) is 8.32. The molecule has 6 aliphatic rings. The van der Waals surface area contributed by atoms with Crippen LogP contribution in [0.5, 0.6) is 0 Å². The molecule has 9 atom stereocenters. The molecule has 5 fully saturated rings. The Hall–Kier alpha value is -2.31. The van der Waals surface area contributed by atoms with Gasteiger partial charge < -0.3 is 9.73 Å². The lowest BCUT2D eigenvalue weighted by Crippen LogP contribution is -2.72. The van der Waals surface area contributed by atoms with Gasteiger partial charge in [0.05, 0.1) is 6.04 Å². The second-order valence-corrected chi connectivity index (χ2v) is 19.1. The Bertz CT molecular complexity index is 1570. The second-order valence-electron chi connectivity index (χ2n) is 19.1. The topological polar surface area (TPSA) is 102 Å². The number of nitrogens with one attached hydrogen (secondary N) is 1. The molecule has 0 aliphatic heterocycles. The van der Waals surface area contributed by atoms with Crippen LogP contribution in [0.4, 0.5) is 6.01 Å². The van der Waals surface area contributed by atoms with Gasteiger partial charge in [0.2, 0.25) is 5.89 Å². The number of carbonyl (C=O) groups excluding carboxylic acids is 3. The van der Waals surface area contributed by atoms with E-state index in [9.17, 15) is 14.4 Å². The molecule has 1 aromatic heterocycles. The number of hydrogen-bond acceptors (Lipinski definition) is 7. The Morgan fingerprint density at radius 2 is 1.52 bits per heavy atom. The fourth-order valence-corrected chi connectivity index (χ4v) is 14.0. The summed E-state index contributed by atoms with van der Waals surface area (Å²) in [6.07, 6.45) is 8.18. The van der Waals surface area contributed by atoms with Crippen molar-refractivity contribution in [2.75, 3.05) is 5.32 Å². The number of anilines is 1. The number of fused-ring (bicyclic) bond motifs is 7. The van der Waals surface area contributed by atoms with Gasteiger partial charge in [-0.05, 0) is 101 Å². The van der Waals surface area contributed by atoms with E-state index in [1.807, 2.05) is 13.8 Å². The highest BCUT2D eigenvalue weighted by Crippen LogP contribution is 2.79. The molecule has 5 saturated carbocycles. The Balaban J connectivity index is 1.35. The SMILES string of the molecule is Cc1nnc(NC2C[C@]3(C)[C@H]4CC[C@@H]5C6=C(C(C)C)C(=O)C[C@]6(C)CC[C@@]5(C)[C@]4(C)CC[C@H]3C(C)(C)C23C(=O)CC(C)(C)C3=O)o1. The molecule has 1 N–H and O–H groups in total. The van der Waals surface area contributed by atoms with E-state index < -0.39 is 22.3 Å². The molecule has 6 aliphatic carbocycles. The quantitative estimate of drug-likeness (QED) is 0.335. The van der Waals surface area contributed by atoms with E-state index in [-0.39, 0.29) is 51.5 Å². The predicted molar refractivity (Wildman–Crippen MR) is 178 cm³/mol. The third-order valence-electron chi connectivity index (χ3n) is 15.9. The molecule has 2 unspecified atom stereocenters. The van der Waals surface area contributed by atoms with Gasteiger partial charge in [0, 0.05) is 25.2 Å². The number of carbonyl (C=O) groups is 3. The minimum Gasteiger partial charge on any atom is -0.408 e. The molecule has 46 heavy (non-hydrogen) atoms. The van der Waals surface area contributed by atoms with Crippen LogP contribution in [0.25, 0.3) is 0 Å². The van der Waals surface area contributed by atoms with Crippen molar-refractivity contribution in [3.05, 3.63) is 17.0 Å². The third-order valence-corrected chi connectivity index (χ3v) is 15.9. The summed E-state index contributed by atoms with van der Waals surface area (Å²) in [5, 5.41) is 11.9. The number of allylic oxidation sites excluding steroid dienone is 2. The Morgan fingerprint density at radius 3 is 2.11 bits per heavy atom. The third kappa shape index (κ3) is 3.64. The minimum absolute atomic E-state index is 0.00238. The van der Waals surface area contributed by atoms with Gasteiger partial charge in [-0.2, -0.15) is 0 Å². The monoisotopic (exact) mass is 631 g/mol. The lowest BCUT2D eigenvalue weighted by Gasteiger charge is -2.73. The van der Waals surface area contributed by atoms with Crippen LogP contribution < -0.4 is 5.32 Å². The van der Waals surface area contributed by atoms with Gasteiger partial charge in [-0.15, -0.1) is 5.10 Å². The maximum Gasteiger partial charge on any atom is 0.315 e. The van der Waals surface area contributed by atoms with Crippen molar-refractivity contribution in [1.82, 2.24) is 10.2 Å². The molecular weight excluding hydrogens is 574 g/mol. The molecule has 0 amide bonds. The maximum absolute atomic E-state index is 14.7. The highest BCUT2D eigenvalue weighted by Gasteiger charge is 2.78. The summed E-state index contributed by atoms with van der Waals surface area (Å²) in [4.78, 5) is 42.6. The largest absolute Gasteiger partial charge is 0.408 e. The molecule has 0 bridgehead atoms. The zero-order valence-electron chi connectivity index (χ0n) is 30.3. The second kappa shape index (κ2) is 9.43. The van der Waals surface area contributed by atoms with Crippen LogP contribution in [0.15, 0.2) is 15.6 Å². The summed E-state index contributed by atoms with van der Waals surface area (Å²) in [7, 11) is 0. The first-order valence-electron chi connectivity index (χ1n) is 18.1. The van der Waals surface area contributed by atoms with Gasteiger partial charge in [0.1, 0.15) is 11.2 Å². The van der Waals surface area contributed by atoms with Crippen LogP contribution >= 0.6 is 0 Å². The van der Waals surface area contributed by atoms with Gasteiger partial charge >= 0.3 is 6.01 Å². The first-order valence-corrected chi connectivity index (χ1v) is 18.1. The summed E-state index contributed by atoms with van der Waals surface area (Å²) >= 11 is 0. The fourth-order valence-electron chi connectivity index (χ4n) is 14.0. The van der Waals surface area contributed by atoms with Crippen LogP contribution in [0, 0.1) is 68.5 Å². The number of rotatable bonds is 3. The summed E-state index contributed by atoms with van der Waals surface area (Å²) in [6, 6.07) is -0.138. The van der Waals surface area contributed by atoms with E-state index in [0.717, 1.165) is 44.1 Å². The Kier molecular flexibility index (Phi) is 6.61. The zero-order valence-corrected chi connectivity index (χ0v) is 30.3. The minimum atomic E-state index is -1.16. The molecule has 0 aromatic carbocycles. The summed E-state index contributed by atoms with van der Waals surface area (Å²) in [6.45, 7) is 24.6. The van der Waals surface area contributed by atoms with E-state index in [1.54, 1.807) is 6.92 Å². The molecule has 7 rings (SSSR count). The number of ketones is 3. The van der Waals surface area contributed by atoms with E-state index in [4.69, 9.17) is 4.42 Å². The molecule has 0 saturated heterocycles. The number of aryl methyl sites for hydroxylation is 1. The van der Waals surface area contributed by atoms with Gasteiger partial charge in [0.25, 0.3) is 0 Å². The Labute approximate surface area is 275 Å². The number of nitrogens with zero attached hydrogens (tertiary/aromatic N) is 2. The fraction of sp³-hybridized carbons (Fsp3) is 0.821. The first kappa shape index (κ1) is 32.2. The van der Waals surface area contributed by atoms with Gasteiger partial charge in [-0.1, -0.05) is 79.9 Å². The average Bonchev–Trinajstić information content (AvgIpc) is 3.52. The van der Waals surface area contributed by atoms with Crippen LogP contribution in [-0.2, 0) is 14.4 Å². The molecule has 7 nitrogen and oxygen atoms in total. The molecule has 1 heterocycles. The molecule has 1 aromatic rings. The summed E-state index contributed by atoms with van der Waals surface area (Å²) in [5.41, 5.74) is 0.240. The van der Waals surface area contributed by atoms with Gasteiger partial charge in [-0.3, -0.25) is 14.4 Å². The lowest BCUT2D eigenvalue weighted by atomic mass is 9.30. The van der Waals surface area contributed by atoms with Crippen molar-refractivity contribution in [2.45, 2.75) is 140 Å². The summed E-state index contributed by atoms with van der Waals surface area (Å²) < 4.78 is 5.86. The molecule has 252 valence electrons. The van der Waals surface area contributed by atoms with Gasteiger partial charge in [-0.25, -0.2) is 0 Å². The lowest BCUT2D eigenvalue weighted by molar-refractivity contribution is -0.232. The van der Waals surface area contributed by atoms with Crippen molar-refractivity contribution in [3.63, 3.8) is 0 Å². The number of aromatic nitrogens is 2. The highest BCUT2D eigenvalue weighted by atomic mass is 16.4. The highest BCUT2D eigenvalue weighted by molar-refractivity contribution is 6.17. The number of Topliss-reactive ketones (excluding diaryl/α,β-unsaturated/α-hetero) is 3. The Morgan fingerprint density at radius 1 is 0.826 bits per heavy atom. The van der Waals surface area contributed by atoms with Crippen molar-refractivity contribution in [1.29, 1.82) is 0 Å². The molecule has 1 spiro atoms. The van der Waals surface area contributed by atoms with Crippen molar-refractivity contribution in [3.8, 4) is 0 Å². The average molecular weight is 632 g/mol. The normalized spacial score (nSPS) is 46.0. The van der Waals surface area contributed by atoms with E-state index in [2.05, 4.69) is 70.9 Å². The summed E-state index contributed by atoms with van der Waals surface area (Å²) in [5.74, 6) is 2.31. The van der Waals surface area contributed by atoms with E-state index in [0.29, 0.717) is 42.4 Å². The molecular formula is C39H57N3O4.